The Balaban J connectivity index is 1.38. The molecule has 0 spiro atoms. The molecule has 4 bridgehead atoms. The van der Waals surface area contributed by atoms with E-state index in [9.17, 15) is 28.2 Å². The summed E-state index contributed by atoms with van der Waals surface area (Å²) < 4.78 is 42.7. The molecular weight excluding hydrogens is 399 g/mol. The first-order valence-electron chi connectivity index (χ1n) is 11.0. The molecule has 2 atom stereocenters. The predicted octanol–water partition coefficient (Wildman–Crippen LogP) is 3.05. The minimum absolute atomic E-state index is 0.120. The molecule has 0 unspecified atom stereocenters. The number of rotatable bonds is 3. The van der Waals surface area contributed by atoms with Crippen molar-refractivity contribution in [1.82, 2.24) is 15.1 Å². The van der Waals surface area contributed by atoms with Gasteiger partial charge in [0.05, 0.1) is 29.5 Å². The Labute approximate surface area is 172 Å². The molecule has 166 valence electrons. The Hall–Kier alpha value is -1.61. The molecule has 6 rings (SSSR count). The van der Waals surface area contributed by atoms with Gasteiger partial charge in [-0.05, 0) is 75.5 Å². The van der Waals surface area contributed by atoms with Crippen LogP contribution in [0.25, 0.3) is 0 Å². The van der Waals surface area contributed by atoms with Gasteiger partial charge in [0.2, 0.25) is 0 Å². The van der Waals surface area contributed by atoms with Crippen LogP contribution < -0.4 is 5.32 Å². The Morgan fingerprint density at radius 2 is 1.77 bits per heavy atom. The molecule has 30 heavy (non-hydrogen) atoms. The molecule has 0 radical (unpaired) electrons. The summed E-state index contributed by atoms with van der Waals surface area (Å²) in [6.45, 7) is 0. The normalized spacial score (nSPS) is 40.6. The van der Waals surface area contributed by atoms with Crippen molar-refractivity contribution in [3.05, 3.63) is 17.5 Å². The summed E-state index contributed by atoms with van der Waals surface area (Å²) in [4.78, 5) is 13.0. The van der Waals surface area contributed by atoms with Crippen LogP contribution in [-0.4, -0.2) is 43.6 Å². The topological polar surface area (TPSA) is 87.4 Å². The van der Waals surface area contributed by atoms with Crippen molar-refractivity contribution in [3.63, 3.8) is 0 Å². The number of aromatic nitrogens is 2. The predicted molar refractivity (Wildman–Crippen MR) is 100 cm³/mol. The van der Waals surface area contributed by atoms with Gasteiger partial charge in [-0.1, -0.05) is 0 Å². The summed E-state index contributed by atoms with van der Waals surface area (Å²) in [6.07, 6.45) is 1.38. The molecule has 5 saturated carbocycles. The SMILES string of the molecule is O=C(NC1[C@@H]2CC3C[C@@H]1CC(O)(C3)C2)c1cnn(C2CCC(O)CC2)c1C(F)(F)F. The van der Waals surface area contributed by atoms with Gasteiger partial charge in [0.15, 0.2) is 5.69 Å². The van der Waals surface area contributed by atoms with Gasteiger partial charge in [0, 0.05) is 6.04 Å². The van der Waals surface area contributed by atoms with Crippen molar-refractivity contribution < 1.29 is 28.2 Å². The summed E-state index contributed by atoms with van der Waals surface area (Å²) in [5, 5.41) is 27.2. The van der Waals surface area contributed by atoms with Crippen molar-refractivity contribution in [3.8, 4) is 0 Å². The zero-order valence-electron chi connectivity index (χ0n) is 16.7. The highest BCUT2D eigenvalue weighted by Gasteiger charge is 2.55. The first kappa shape index (κ1) is 20.3. The molecule has 1 heterocycles. The van der Waals surface area contributed by atoms with Crippen LogP contribution in [0.2, 0.25) is 0 Å². The van der Waals surface area contributed by atoms with E-state index < -0.39 is 41.1 Å². The average Bonchev–Trinajstić information content (AvgIpc) is 3.09. The van der Waals surface area contributed by atoms with Gasteiger partial charge in [-0.3, -0.25) is 9.48 Å². The standard InChI is InChI=1S/C21H28F3N3O3/c22-21(23,24)18-16(10-25-27(18)14-1-3-15(28)4-2-14)19(29)26-17-12-5-11-6-13(17)9-20(30,7-11)8-12/h10-15,17,28,30H,1-9H2,(H,26,29)/t11?,12-,13-,14?,15?,17?,20?/m1/s1. The lowest BCUT2D eigenvalue weighted by atomic mass is 9.52. The Morgan fingerprint density at radius 3 is 2.33 bits per heavy atom. The molecule has 1 aromatic heterocycles. The van der Waals surface area contributed by atoms with E-state index in [2.05, 4.69) is 10.4 Å². The molecule has 0 aromatic carbocycles. The molecule has 1 amide bonds. The highest BCUT2D eigenvalue weighted by atomic mass is 19.4. The number of carbonyl (C=O) groups excluding carboxylic acids is 1. The van der Waals surface area contributed by atoms with Gasteiger partial charge in [0.25, 0.3) is 5.91 Å². The van der Waals surface area contributed by atoms with Gasteiger partial charge >= 0.3 is 6.18 Å². The smallest absolute Gasteiger partial charge is 0.393 e. The van der Waals surface area contributed by atoms with Crippen LogP contribution in [-0.2, 0) is 6.18 Å². The highest BCUT2D eigenvalue weighted by Crippen LogP contribution is 2.55. The van der Waals surface area contributed by atoms with E-state index in [4.69, 9.17) is 0 Å². The lowest BCUT2D eigenvalue weighted by molar-refractivity contribution is -0.145. The largest absolute Gasteiger partial charge is 0.433 e. The number of nitrogens with one attached hydrogen (secondary N) is 1. The van der Waals surface area contributed by atoms with Crippen molar-refractivity contribution in [2.45, 2.75) is 87.8 Å². The van der Waals surface area contributed by atoms with E-state index in [1.165, 1.54) is 0 Å². The second kappa shape index (κ2) is 6.95. The van der Waals surface area contributed by atoms with Crippen molar-refractivity contribution in [2.24, 2.45) is 17.8 Å². The number of halogens is 3. The number of nitrogens with zero attached hydrogens (tertiary/aromatic N) is 2. The minimum Gasteiger partial charge on any atom is -0.393 e. The lowest BCUT2D eigenvalue weighted by Gasteiger charge is -2.58. The van der Waals surface area contributed by atoms with Gasteiger partial charge in [-0.25, -0.2) is 0 Å². The number of hydrogen-bond donors (Lipinski definition) is 3. The number of aliphatic hydroxyl groups excluding tert-OH is 1. The van der Waals surface area contributed by atoms with Crippen LogP contribution >= 0.6 is 0 Å². The molecule has 1 aromatic rings. The van der Waals surface area contributed by atoms with Gasteiger partial charge in [0.1, 0.15) is 0 Å². The van der Waals surface area contributed by atoms with Crippen LogP contribution in [0.3, 0.4) is 0 Å². The van der Waals surface area contributed by atoms with Crippen LogP contribution in [0, 0.1) is 17.8 Å². The molecule has 0 aliphatic heterocycles. The maximum atomic E-state index is 13.9. The maximum absolute atomic E-state index is 13.9. The minimum atomic E-state index is -4.70. The second-order valence-corrected chi connectivity index (χ2v) is 10.0. The molecule has 5 aliphatic rings. The average molecular weight is 427 g/mol. The Kier molecular flexibility index (Phi) is 4.70. The summed E-state index contributed by atoms with van der Waals surface area (Å²) >= 11 is 0. The second-order valence-electron chi connectivity index (χ2n) is 10.0. The van der Waals surface area contributed by atoms with Crippen molar-refractivity contribution in [2.75, 3.05) is 0 Å². The van der Waals surface area contributed by atoms with E-state index in [1.807, 2.05) is 0 Å². The highest BCUT2D eigenvalue weighted by molar-refractivity contribution is 5.95. The maximum Gasteiger partial charge on any atom is 0.433 e. The van der Waals surface area contributed by atoms with E-state index in [-0.39, 0.29) is 17.9 Å². The number of aliphatic hydroxyl groups is 2. The molecule has 0 saturated heterocycles. The third-order valence-electron chi connectivity index (χ3n) is 7.86. The first-order chi connectivity index (χ1) is 14.1. The molecule has 6 nitrogen and oxygen atoms in total. The van der Waals surface area contributed by atoms with E-state index in [0.29, 0.717) is 44.4 Å². The quantitative estimate of drug-likeness (QED) is 0.692. The third-order valence-corrected chi connectivity index (χ3v) is 7.86. The Morgan fingerprint density at radius 1 is 1.13 bits per heavy atom. The van der Waals surface area contributed by atoms with Crippen LogP contribution in [0.4, 0.5) is 13.2 Å². The van der Waals surface area contributed by atoms with E-state index >= 15 is 0 Å². The zero-order valence-corrected chi connectivity index (χ0v) is 16.7. The van der Waals surface area contributed by atoms with Crippen molar-refractivity contribution >= 4 is 5.91 Å². The summed E-state index contributed by atoms with van der Waals surface area (Å²) in [7, 11) is 0. The van der Waals surface area contributed by atoms with Crippen LogP contribution in [0.15, 0.2) is 6.20 Å². The fourth-order valence-electron chi connectivity index (χ4n) is 6.84. The number of carbonyl (C=O) groups is 1. The van der Waals surface area contributed by atoms with Crippen LogP contribution in [0.5, 0.6) is 0 Å². The van der Waals surface area contributed by atoms with Gasteiger partial charge < -0.3 is 15.5 Å². The number of amides is 1. The third kappa shape index (κ3) is 3.43. The zero-order chi connectivity index (χ0) is 21.3. The first-order valence-corrected chi connectivity index (χ1v) is 11.0. The monoisotopic (exact) mass is 427 g/mol. The molecular formula is C21H28F3N3O3. The fraction of sp³-hybridized carbons (Fsp3) is 0.810. The summed E-state index contributed by atoms with van der Waals surface area (Å²) in [6, 6.07) is -0.661. The van der Waals surface area contributed by atoms with Gasteiger partial charge in [-0.15, -0.1) is 0 Å². The van der Waals surface area contributed by atoms with E-state index in [1.54, 1.807) is 0 Å². The molecule has 5 aliphatic carbocycles. The molecule has 5 fully saturated rings. The van der Waals surface area contributed by atoms with Gasteiger partial charge in [-0.2, -0.15) is 18.3 Å². The van der Waals surface area contributed by atoms with E-state index in [0.717, 1.165) is 30.1 Å². The summed E-state index contributed by atoms with van der Waals surface area (Å²) in [5.74, 6) is -0.0338. The molecule has 9 heteroatoms. The van der Waals surface area contributed by atoms with Crippen LogP contribution in [0.1, 0.15) is 79.9 Å². The fourth-order valence-corrected chi connectivity index (χ4v) is 6.84. The Bertz CT molecular complexity index is 815. The lowest BCUT2D eigenvalue weighted by Crippen LogP contribution is -2.61. The molecule has 3 N–H and O–H groups in total. The summed E-state index contributed by atoms with van der Waals surface area (Å²) in [5.41, 5.74) is -2.09. The number of alkyl halides is 3. The number of hydrogen-bond acceptors (Lipinski definition) is 4. The van der Waals surface area contributed by atoms with Crippen molar-refractivity contribution in [1.29, 1.82) is 0 Å².